The van der Waals surface area contributed by atoms with E-state index < -0.39 is 5.82 Å². The zero-order valence-corrected chi connectivity index (χ0v) is 17.5. The predicted octanol–water partition coefficient (Wildman–Crippen LogP) is 4.31. The maximum Gasteiger partial charge on any atom is 0.266 e. The molecule has 1 aromatic heterocycles. The quantitative estimate of drug-likeness (QED) is 0.472. The van der Waals surface area contributed by atoms with Crippen LogP contribution in [0.4, 0.5) is 4.39 Å². The summed E-state index contributed by atoms with van der Waals surface area (Å²) in [7, 11) is 0. The molecule has 30 heavy (non-hydrogen) atoms. The minimum atomic E-state index is -0.514. The van der Waals surface area contributed by atoms with Crippen LogP contribution in [0.1, 0.15) is 32.1 Å². The van der Waals surface area contributed by atoms with Crippen LogP contribution in [0.25, 0.3) is 16.6 Å². The molecule has 0 radical (unpaired) electrons. The molecule has 0 atom stereocenters. The minimum absolute atomic E-state index is 0.104. The van der Waals surface area contributed by atoms with Crippen LogP contribution in [0.15, 0.2) is 58.5 Å². The number of carbonyl (C=O) groups is 1. The highest BCUT2D eigenvalue weighted by Gasteiger charge is 2.18. The third-order valence-electron chi connectivity index (χ3n) is 5.48. The lowest BCUT2D eigenvalue weighted by molar-refractivity contribution is -0.118. The Bertz CT molecular complexity index is 1110. The molecule has 7 heteroatoms. The lowest BCUT2D eigenvalue weighted by Gasteiger charge is -2.21. The molecule has 4 rings (SSSR count). The number of nitrogens with one attached hydrogen (secondary N) is 1. The summed E-state index contributed by atoms with van der Waals surface area (Å²) in [4.78, 5) is 30.1. The first-order chi connectivity index (χ1) is 14.6. The van der Waals surface area contributed by atoms with Crippen molar-refractivity contribution in [1.29, 1.82) is 0 Å². The molecular weight excluding hydrogens is 401 g/mol. The third-order valence-corrected chi connectivity index (χ3v) is 6.42. The van der Waals surface area contributed by atoms with Gasteiger partial charge in [0.1, 0.15) is 5.82 Å². The van der Waals surface area contributed by atoms with E-state index >= 15 is 0 Å². The second kappa shape index (κ2) is 9.43. The molecule has 1 fully saturated rings. The van der Waals surface area contributed by atoms with E-state index in [0.29, 0.717) is 28.5 Å². The summed E-state index contributed by atoms with van der Waals surface area (Å²) < 4.78 is 15.7. The number of hydrogen-bond acceptors (Lipinski definition) is 4. The SMILES string of the molecule is O=C(CSc1nc2ccccc2c(=O)n1-c1ccccc1F)NCC1CCCCC1. The number of fused-ring (bicyclic) bond motifs is 1. The first-order valence-electron chi connectivity index (χ1n) is 10.3. The van der Waals surface area contributed by atoms with Crippen LogP contribution in [0, 0.1) is 11.7 Å². The Morgan fingerprint density at radius 2 is 1.83 bits per heavy atom. The van der Waals surface area contributed by atoms with Crippen molar-refractivity contribution in [2.24, 2.45) is 5.92 Å². The third kappa shape index (κ3) is 4.56. The lowest BCUT2D eigenvalue weighted by Crippen LogP contribution is -2.31. The van der Waals surface area contributed by atoms with E-state index in [1.54, 1.807) is 42.5 Å². The lowest BCUT2D eigenvalue weighted by atomic mass is 9.89. The summed E-state index contributed by atoms with van der Waals surface area (Å²) in [5, 5.41) is 3.71. The van der Waals surface area contributed by atoms with Gasteiger partial charge in [-0.3, -0.25) is 14.2 Å². The molecule has 0 aliphatic heterocycles. The van der Waals surface area contributed by atoms with Crippen LogP contribution < -0.4 is 10.9 Å². The Balaban J connectivity index is 1.58. The average Bonchev–Trinajstić information content (AvgIpc) is 2.78. The number of benzene rings is 2. The fourth-order valence-electron chi connectivity index (χ4n) is 3.89. The number of rotatable bonds is 6. The van der Waals surface area contributed by atoms with Crippen LogP contribution in [-0.2, 0) is 4.79 Å². The van der Waals surface area contributed by atoms with Crippen molar-refractivity contribution in [2.45, 2.75) is 37.3 Å². The van der Waals surface area contributed by atoms with E-state index in [9.17, 15) is 14.0 Å². The second-order valence-corrected chi connectivity index (χ2v) is 8.54. The van der Waals surface area contributed by atoms with Crippen molar-refractivity contribution in [3.63, 3.8) is 0 Å². The van der Waals surface area contributed by atoms with Gasteiger partial charge in [-0.15, -0.1) is 0 Å². The van der Waals surface area contributed by atoms with E-state index in [-0.39, 0.29) is 22.9 Å². The van der Waals surface area contributed by atoms with Gasteiger partial charge in [0.25, 0.3) is 5.56 Å². The summed E-state index contributed by atoms with van der Waals surface area (Å²) in [6.45, 7) is 0.685. The molecule has 3 aromatic rings. The van der Waals surface area contributed by atoms with Gasteiger partial charge in [-0.05, 0) is 43.0 Å². The molecule has 1 amide bonds. The topological polar surface area (TPSA) is 64.0 Å². The minimum Gasteiger partial charge on any atom is -0.355 e. The van der Waals surface area contributed by atoms with Gasteiger partial charge >= 0.3 is 0 Å². The number of carbonyl (C=O) groups excluding carboxylic acids is 1. The molecule has 5 nitrogen and oxygen atoms in total. The Morgan fingerprint density at radius 3 is 2.63 bits per heavy atom. The van der Waals surface area contributed by atoms with Crippen LogP contribution in [0.2, 0.25) is 0 Å². The van der Waals surface area contributed by atoms with Crippen LogP contribution in [-0.4, -0.2) is 27.8 Å². The van der Waals surface area contributed by atoms with Crippen molar-refractivity contribution >= 4 is 28.6 Å². The standard InChI is InChI=1S/C23H24FN3O2S/c24-18-11-5-7-13-20(18)27-22(29)17-10-4-6-12-19(17)26-23(27)30-15-21(28)25-14-16-8-2-1-3-9-16/h4-7,10-13,16H,1-3,8-9,14-15H2,(H,25,28). The summed E-state index contributed by atoms with van der Waals surface area (Å²) in [5.41, 5.74) is 0.307. The molecule has 1 heterocycles. The van der Waals surface area contributed by atoms with E-state index in [2.05, 4.69) is 10.3 Å². The Hall–Kier alpha value is -2.67. The summed E-state index contributed by atoms with van der Waals surface area (Å²) >= 11 is 1.15. The maximum absolute atomic E-state index is 14.5. The molecule has 0 saturated heterocycles. The molecule has 1 aliphatic rings. The largest absolute Gasteiger partial charge is 0.355 e. The molecule has 1 aliphatic carbocycles. The van der Waals surface area contributed by atoms with Crippen LogP contribution in [0.5, 0.6) is 0 Å². The molecular formula is C23H24FN3O2S. The van der Waals surface area contributed by atoms with Gasteiger partial charge < -0.3 is 5.32 Å². The Morgan fingerprint density at radius 1 is 1.10 bits per heavy atom. The smallest absolute Gasteiger partial charge is 0.266 e. The molecule has 0 unspecified atom stereocenters. The van der Waals surface area contributed by atoms with Crippen molar-refractivity contribution in [3.8, 4) is 5.69 Å². The van der Waals surface area contributed by atoms with Crippen molar-refractivity contribution in [2.75, 3.05) is 12.3 Å². The summed E-state index contributed by atoms with van der Waals surface area (Å²) in [6, 6.07) is 13.1. The Labute approximate surface area is 178 Å². The van der Waals surface area contributed by atoms with Crippen LogP contribution >= 0.6 is 11.8 Å². The number of aromatic nitrogens is 2. The monoisotopic (exact) mass is 425 g/mol. The zero-order chi connectivity index (χ0) is 20.9. The van der Waals surface area contributed by atoms with Gasteiger partial charge in [-0.1, -0.05) is 55.3 Å². The normalized spacial score (nSPS) is 14.7. The van der Waals surface area contributed by atoms with Crippen molar-refractivity contribution in [3.05, 3.63) is 64.7 Å². The zero-order valence-electron chi connectivity index (χ0n) is 16.6. The van der Waals surface area contributed by atoms with E-state index in [1.165, 1.54) is 29.9 Å². The van der Waals surface area contributed by atoms with Crippen LogP contribution in [0.3, 0.4) is 0 Å². The highest BCUT2D eigenvalue weighted by molar-refractivity contribution is 7.99. The number of amides is 1. The van der Waals surface area contributed by atoms with Gasteiger partial charge in [0.15, 0.2) is 5.16 Å². The molecule has 2 aromatic carbocycles. The van der Waals surface area contributed by atoms with Gasteiger partial charge in [-0.25, -0.2) is 9.37 Å². The van der Waals surface area contributed by atoms with Crippen molar-refractivity contribution < 1.29 is 9.18 Å². The molecule has 1 saturated carbocycles. The number of nitrogens with zero attached hydrogens (tertiary/aromatic N) is 2. The van der Waals surface area contributed by atoms with Gasteiger partial charge in [0.05, 0.1) is 22.3 Å². The van der Waals surface area contributed by atoms with Crippen molar-refractivity contribution in [1.82, 2.24) is 14.9 Å². The molecule has 0 spiro atoms. The van der Waals surface area contributed by atoms with E-state index in [4.69, 9.17) is 0 Å². The number of thioether (sulfide) groups is 1. The summed E-state index contributed by atoms with van der Waals surface area (Å²) in [5.74, 6) is 0.0443. The fourth-order valence-corrected chi connectivity index (χ4v) is 4.72. The highest BCUT2D eigenvalue weighted by atomic mass is 32.2. The van der Waals surface area contributed by atoms with E-state index in [1.807, 2.05) is 0 Å². The van der Waals surface area contributed by atoms with Gasteiger partial charge in [-0.2, -0.15) is 0 Å². The molecule has 0 bridgehead atoms. The highest BCUT2D eigenvalue weighted by Crippen LogP contribution is 2.24. The Kier molecular flexibility index (Phi) is 6.47. The first-order valence-corrected chi connectivity index (χ1v) is 11.3. The first kappa shape index (κ1) is 20.6. The van der Waals surface area contributed by atoms with Gasteiger partial charge in [0.2, 0.25) is 5.91 Å². The average molecular weight is 426 g/mol. The summed E-state index contributed by atoms with van der Waals surface area (Å²) in [6.07, 6.45) is 6.05. The van der Waals surface area contributed by atoms with E-state index in [0.717, 1.165) is 24.6 Å². The van der Waals surface area contributed by atoms with Gasteiger partial charge in [0, 0.05) is 6.54 Å². The fraction of sp³-hybridized carbons (Fsp3) is 0.348. The maximum atomic E-state index is 14.5. The molecule has 156 valence electrons. The predicted molar refractivity (Wildman–Crippen MR) is 118 cm³/mol. The number of hydrogen-bond donors (Lipinski definition) is 1. The molecule has 1 N–H and O–H groups in total. The second-order valence-electron chi connectivity index (χ2n) is 7.60. The number of para-hydroxylation sites is 2. The number of halogens is 1.